The zero-order chi connectivity index (χ0) is 45.2. The summed E-state index contributed by atoms with van der Waals surface area (Å²) < 4.78 is 16.9. The van der Waals surface area contributed by atoms with Crippen LogP contribution in [0.5, 0.6) is 0 Å². The van der Waals surface area contributed by atoms with E-state index in [1.165, 1.54) is 212 Å². The summed E-state index contributed by atoms with van der Waals surface area (Å²) in [5, 5.41) is 0. The highest BCUT2D eigenvalue weighted by molar-refractivity contribution is 5.71. The van der Waals surface area contributed by atoms with Gasteiger partial charge in [0.2, 0.25) is 0 Å². The van der Waals surface area contributed by atoms with Crippen molar-refractivity contribution in [3.63, 3.8) is 0 Å². The van der Waals surface area contributed by atoms with Crippen LogP contribution in [0.4, 0.5) is 0 Å². The lowest BCUT2D eigenvalue weighted by Crippen LogP contribution is -2.30. The van der Waals surface area contributed by atoms with E-state index >= 15 is 0 Å². The summed E-state index contributed by atoms with van der Waals surface area (Å²) >= 11 is 0. The molecule has 0 fully saturated rings. The van der Waals surface area contributed by atoms with Crippen molar-refractivity contribution in [3.05, 3.63) is 0 Å². The molecule has 0 spiro atoms. The molecule has 0 bridgehead atoms. The summed E-state index contributed by atoms with van der Waals surface area (Å²) in [6.07, 6.45) is 53.7. The van der Waals surface area contributed by atoms with E-state index in [1.807, 2.05) is 0 Å². The molecule has 0 saturated heterocycles. The molecule has 0 unspecified atom stereocenters. The molecule has 0 heterocycles. The van der Waals surface area contributed by atoms with Crippen molar-refractivity contribution < 1.29 is 28.6 Å². The van der Waals surface area contributed by atoms with Gasteiger partial charge in [0.25, 0.3) is 0 Å². The van der Waals surface area contributed by atoms with Gasteiger partial charge in [-0.05, 0) is 25.2 Å². The second-order valence-corrected chi connectivity index (χ2v) is 19.7. The first kappa shape index (κ1) is 60.4. The number of carbonyl (C=O) groups excluding carboxylic acids is 3. The van der Waals surface area contributed by atoms with Crippen molar-refractivity contribution >= 4 is 17.9 Å². The molecule has 1 atom stereocenters. The molecular weight excluding hydrogens is 769 g/mol. The van der Waals surface area contributed by atoms with Crippen LogP contribution in [0.25, 0.3) is 0 Å². The number of carbonyl (C=O) groups is 3. The molecule has 0 aromatic rings. The molecule has 368 valence electrons. The molecular formula is C56H108O6. The Bertz CT molecular complexity index is 933. The van der Waals surface area contributed by atoms with Gasteiger partial charge < -0.3 is 14.2 Å². The summed E-state index contributed by atoms with van der Waals surface area (Å²) in [5.74, 6) is 0.00618. The fourth-order valence-electron chi connectivity index (χ4n) is 8.57. The summed E-state index contributed by atoms with van der Waals surface area (Å²) in [4.78, 5) is 38.0. The molecule has 62 heavy (non-hydrogen) atoms. The van der Waals surface area contributed by atoms with Crippen molar-refractivity contribution in [1.82, 2.24) is 0 Å². The van der Waals surface area contributed by atoms with Gasteiger partial charge >= 0.3 is 17.9 Å². The molecule has 6 heteroatoms. The van der Waals surface area contributed by atoms with E-state index < -0.39 is 6.10 Å². The van der Waals surface area contributed by atoms with Gasteiger partial charge in [-0.2, -0.15) is 0 Å². The largest absolute Gasteiger partial charge is 0.462 e. The molecule has 0 aliphatic rings. The Hall–Kier alpha value is -1.59. The molecule has 0 aliphatic carbocycles. The SMILES string of the molecule is CCCCCCCCCCCCCCCCCCC(=O)O[C@@H](COC(=O)CCCCCCCCCCCCC)COC(=O)CCCCCCCCCCCCCCCCC(C)C. The van der Waals surface area contributed by atoms with E-state index in [2.05, 4.69) is 27.7 Å². The molecule has 0 rings (SSSR count). The third kappa shape index (κ3) is 49.4. The lowest BCUT2D eigenvalue weighted by atomic mass is 10.0. The molecule has 0 amide bonds. The quantitative estimate of drug-likeness (QED) is 0.0344. The number of unbranched alkanes of at least 4 members (excludes halogenated alkanes) is 38. The van der Waals surface area contributed by atoms with E-state index in [9.17, 15) is 14.4 Å². The number of esters is 3. The van der Waals surface area contributed by atoms with Crippen LogP contribution in [0.3, 0.4) is 0 Å². The maximum absolute atomic E-state index is 12.8. The summed E-state index contributed by atoms with van der Waals surface area (Å²) in [6.45, 7) is 9.05. The number of rotatable bonds is 51. The Kier molecular flexibility index (Phi) is 49.1. The van der Waals surface area contributed by atoms with Gasteiger partial charge in [-0.3, -0.25) is 14.4 Å². The van der Waals surface area contributed by atoms with E-state index in [0.29, 0.717) is 19.3 Å². The third-order valence-corrected chi connectivity index (χ3v) is 12.8. The van der Waals surface area contributed by atoms with Gasteiger partial charge in [0, 0.05) is 19.3 Å². The van der Waals surface area contributed by atoms with Gasteiger partial charge in [-0.25, -0.2) is 0 Å². The predicted octanol–water partition coefficient (Wildman–Crippen LogP) is 18.2. The van der Waals surface area contributed by atoms with Crippen molar-refractivity contribution in [3.8, 4) is 0 Å². The summed E-state index contributed by atoms with van der Waals surface area (Å²) in [6, 6.07) is 0. The number of hydrogen-bond donors (Lipinski definition) is 0. The average Bonchev–Trinajstić information content (AvgIpc) is 3.26. The predicted molar refractivity (Wildman–Crippen MR) is 266 cm³/mol. The normalized spacial score (nSPS) is 12.0. The average molecular weight is 877 g/mol. The van der Waals surface area contributed by atoms with Crippen LogP contribution in [0, 0.1) is 5.92 Å². The molecule has 0 aromatic heterocycles. The zero-order valence-electron chi connectivity index (χ0n) is 42.3. The van der Waals surface area contributed by atoms with Crippen molar-refractivity contribution in [1.29, 1.82) is 0 Å². The standard InChI is InChI=1S/C56H108O6/c1-5-7-9-11-13-15-17-18-19-20-25-29-33-37-41-45-49-56(59)62-53(50-60-54(57)47-43-39-35-31-26-16-14-12-10-8-6-2)51-61-55(58)48-44-40-36-32-28-24-22-21-23-27-30-34-38-42-46-52(3)4/h52-53H,5-51H2,1-4H3/t53-/m0/s1. The zero-order valence-corrected chi connectivity index (χ0v) is 42.3. The van der Waals surface area contributed by atoms with Crippen LogP contribution in [0.2, 0.25) is 0 Å². The van der Waals surface area contributed by atoms with Gasteiger partial charge in [0.15, 0.2) is 6.10 Å². The maximum atomic E-state index is 12.8. The topological polar surface area (TPSA) is 78.9 Å². The highest BCUT2D eigenvalue weighted by Crippen LogP contribution is 2.18. The highest BCUT2D eigenvalue weighted by atomic mass is 16.6. The van der Waals surface area contributed by atoms with Crippen LogP contribution in [-0.4, -0.2) is 37.2 Å². The first-order chi connectivity index (χ1) is 30.4. The summed E-state index contributed by atoms with van der Waals surface area (Å²) in [5.41, 5.74) is 0. The molecule has 0 radical (unpaired) electrons. The van der Waals surface area contributed by atoms with Gasteiger partial charge in [0.1, 0.15) is 13.2 Å². The van der Waals surface area contributed by atoms with Gasteiger partial charge in [-0.1, -0.05) is 278 Å². The van der Waals surface area contributed by atoms with Crippen molar-refractivity contribution in [2.75, 3.05) is 13.2 Å². The van der Waals surface area contributed by atoms with Crippen LogP contribution >= 0.6 is 0 Å². The van der Waals surface area contributed by atoms with Gasteiger partial charge in [0.05, 0.1) is 0 Å². The second-order valence-electron chi connectivity index (χ2n) is 19.7. The number of ether oxygens (including phenoxy) is 3. The molecule has 0 saturated carbocycles. The van der Waals surface area contributed by atoms with E-state index in [1.54, 1.807) is 0 Å². The van der Waals surface area contributed by atoms with E-state index in [4.69, 9.17) is 14.2 Å². The molecule has 0 aromatic carbocycles. The monoisotopic (exact) mass is 877 g/mol. The fraction of sp³-hybridized carbons (Fsp3) is 0.946. The van der Waals surface area contributed by atoms with Crippen LogP contribution in [0.15, 0.2) is 0 Å². The minimum Gasteiger partial charge on any atom is -0.462 e. The first-order valence-corrected chi connectivity index (χ1v) is 27.9. The van der Waals surface area contributed by atoms with Crippen LogP contribution in [0.1, 0.15) is 317 Å². The van der Waals surface area contributed by atoms with E-state index in [-0.39, 0.29) is 31.1 Å². The second kappa shape index (κ2) is 50.4. The van der Waals surface area contributed by atoms with E-state index in [0.717, 1.165) is 63.7 Å². The molecule has 0 N–H and O–H groups in total. The minimum absolute atomic E-state index is 0.0621. The third-order valence-electron chi connectivity index (χ3n) is 12.8. The highest BCUT2D eigenvalue weighted by Gasteiger charge is 2.19. The number of hydrogen-bond acceptors (Lipinski definition) is 6. The lowest BCUT2D eigenvalue weighted by molar-refractivity contribution is -0.167. The van der Waals surface area contributed by atoms with Crippen LogP contribution < -0.4 is 0 Å². The Balaban J connectivity index is 4.27. The van der Waals surface area contributed by atoms with Crippen LogP contribution in [-0.2, 0) is 28.6 Å². The Labute approximate surface area is 387 Å². The first-order valence-electron chi connectivity index (χ1n) is 27.9. The fourth-order valence-corrected chi connectivity index (χ4v) is 8.57. The molecule has 6 nitrogen and oxygen atoms in total. The van der Waals surface area contributed by atoms with Gasteiger partial charge in [-0.15, -0.1) is 0 Å². The summed E-state index contributed by atoms with van der Waals surface area (Å²) in [7, 11) is 0. The minimum atomic E-state index is -0.761. The Morgan fingerprint density at radius 3 is 0.790 bits per heavy atom. The Morgan fingerprint density at radius 1 is 0.306 bits per heavy atom. The van der Waals surface area contributed by atoms with Crippen molar-refractivity contribution in [2.45, 2.75) is 323 Å². The maximum Gasteiger partial charge on any atom is 0.306 e. The van der Waals surface area contributed by atoms with Crippen molar-refractivity contribution in [2.24, 2.45) is 5.92 Å². The Morgan fingerprint density at radius 2 is 0.532 bits per heavy atom. The smallest absolute Gasteiger partial charge is 0.306 e. The molecule has 0 aliphatic heterocycles. The lowest BCUT2D eigenvalue weighted by Gasteiger charge is -2.18.